The number of hydrogen-bond donors (Lipinski definition) is 1. The van der Waals surface area contributed by atoms with Crippen LogP contribution < -0.4 is 9.78 Å². The molecule has 2 aliphatic rings. The zero-order valence-electron chi connectivity index (χ0n) is 25.6. The van der Waals surface area contributed by atoms with Gasteiger partial charge >= 0.3 is 259 Å². The van der Waals surface area contributed by atoms with Crippen LogP contribution in [-0.2, 0) is 9.53 Å². The number of amides is 1. The molecule has 2 aliphatic carbocycles. The number of fused-ring (bicyclic) bond motifs is 2. The fourth-order valence-corrected chi connectivity index (χ4v) is 10.5. The van der Waals surface area contributed by atoms with Crippen LogP contribution in [0.4, 0.5) is 5.69 Å². The van der Waals surface area contributed by atoms with Gasteiger partial charge in [0.2, 0.25) is 0 Å². The molecule has 4 aromatic rings. The van der Waals surface area contributed by atoms with Crippen LogP contribution in [0.1, 0.15) is 72.6 Å². The van der Waals surface area contributed by atoms with Crippen LogP contribution in [0.2, 0.25) is 4.82 Å². The molecular weight excluding hydrogens is 581 g/mol. The number of nitrogens with one attached hydrogen (secondary N) is 1. The van der Waals surface area contributed by atoms with E-state index in [1.54, 1.807) is 6.92 Å². The third-order valence-corrected chi connectivity index (χ3v) is 12.6. The summed E-state index contributed by atoms with van der Waals surface area (Å²) < 4.78 is 8.62. The van der Waals surface area contributed by atoms with Crippen LogP contribution in [0.15, 0.2) is 72.8 Å². The van der Waals surface area contributed by atoms with Crippen molar-refractivity contribution in [1.29, 1.82) is 0 Å². The number of benzene rings is 4. The Labute approximate surface area is 258 Å². The Morgan fingerprint density at radius 2 is 1.48 bits per heavy atom. The molecule has 0 bridgehead atoms. The Morgan fingerprint density at radius 3 is 2.19 bits per heavy atom. The fraction of sp³-hybridized carbons (Fsp3) is 0.447. The van der Waals surface area contributed by atoms with E-state index < -0.39 is 0 Å². The summed E-state index contributed by atoms with van der Waals surface area (Å²) in [7, 11) is 0. The van der Waals surface area contributed by atoms with Gasteiger partial charge in [0.15, 0.2) is 0 Å². The molecule has 4 aromatic carbocycles. The van der Waals surface area contributed by atoms with Gasteiger partial charge in [0.1, 0.15) is 0 Å². The molecule has 2 saturated carbocycles. The van der Waals surface area contributed by atoms with Crippen LogP contribution in [-0.4, -0.2) is 33.1 Å². The van der Waals surface area contributed by atoms with Gasteiger partial charge in [0, 0.05) is 0 Å². The first-order valence-corrected chi connectivity index (χ1v) is 17.9. The van der Waals surface area contributed by atoms with E-state index in [2.05, 4.69) is 98.9 Å². The monoisotopic (exact) mass is 627 g/mol. The fourth-order valence-electron chi connectivity index (χ4n) is 7.45. The number of anilines is 1. The number of hydrogen-bond acceptors (Lipinski definition) is 2. The van der Waals surface area contributed by atoms with Gasteiger partial charge < -0.3 is 0 Å². The predicted molar refractivity (Wildman–Crippen MR) is 179 cm³/mol. The molecule has 3 nitrogen and oxygen atoms in total. The second kappa shape index (κ2) is 12.9. The molecule has 2 unspecified atom stereocenters. The van der Waals surface area contributed by atoms with Crippen molar-refractivity contribution in [2.45, 2.75) is 89.7 Å². The Morgan fingerprint density at radius 1 is 0.810 bits per heavy atom. The Kier molecular flexibility index (Phi) is 9.05. The molecule has 1 amide bonds. The van der Waals surface area contributed by atoms with Crippen LogP contribution in [0.5, 0.6) is 0 Å². The van der Waals surface area contributed by atoms with Gasteiger partial charge in [-0.15, -0.1) is 0 Å². The number of carbonyl (C=O) groups is 1. The van der Waals surface area contributed by atoms with E-state index in [1.165, 1.54) is 76.5 Å². The molecule has 0 aliphatic heterocycles. The van der Waals surface area contributed by atoms with E-state index in [1.807, 2.05) is 0 Å². The van der Waals surface area contributed by atoms with Crippen molar-refractivity contribution < 1.29 is 9.53 Å². The van der Waals surface area contributed by atoms with E-state index in [0.29, 0.717) is 28.9 Å². The summed E-state index contributed by atoms with van der Waals surface area (Å²) in [5.74, 6) is 2.05. The summed E-state index contributed by atoms with van der Waals surface area (Å²) in [6, 6.07) is 26.2. The maximum absolute atomic E-state index is 12.4. The summed E-state index contributed by atoms with van der Waals surface area (Å²) >= 11 is 0.225. The summed E-state index contributed by atoms with van der Waals surface area (Å²) in [6.45, 7) is 8.79. The van der Waals surface area contributed by atoms with Gasteiger partial charge in [0.25, 0.3) is 0 Å². The number of rotatable bonds is 7. The molecule has 42 heavy (non-hydrogen) atoms. The third kappa shape index (κ3) is 6.18. The van der Waals surface area contributed by atoms with Gasteiger partial charge in [-0.1, -0.05) is 0 Å². The summed E-state index contributed by atoms with van der Waals surface area (Å²) in [6.07, 6.45) is 9.53. The van der Waals surface area contributed by atoms with Gasteiger partial charge in [-0.05, 0) is 0 Å². The number of carbonyl (C=O) groups excluding carboxylic acids is 1. The second-order valence-electron chi connectivity index (χ2n) is 13.0. The molecule has 220 valence electrons. The first kappa shape index (κ1) is 29.4. The minimum atomic E-state index is -0.0408. The second-order valence-corrected chi connectivity index (χ2v) is 15.7. The summed E-state index contributed by atoms with van der Waals surface area (Å²) in [5, 5.41) is 8.06. The SMILES string of the molecule is CC(=O)Nc1ccc2ccccc2c1-c1c([Se]C2CCCCC2O[C@H]2C[C@@H](C)CC[C@@H]2C(C)C)ccc2ccccc12. The molecule has 0 radical (unpaired) electrons. The summed E-state index contributed by atoms with van der Waals surface area (Å²) in [5.41, 5.74) is 3.32. The van der Waals surface area contributed by atoms with Gasteiger partial charge in [-0.3, -0.25) is 0 Å². The Hall–Kier alpha value is -2.65. The zero-order chi connectivity index (χ0) is 29.2. The van der Waals surface area contributed by atoms with Crippen molar-refractivity contribution in [3.05, 3.63) is 72.8 Å². The predicted octanol–water partition coefficient (Wildman–Crippen LogP) is 9.16. The quantitative estimate of drug-likeness (QED) is 0.208. The Bertz CT molecular complexity index is 1560. The molecular formula is C38H45NO2Se. The average Bonchev–Trinajstić information content (AvgIpc) is 2.98. The molecule has 0 aromatic heterocycles. The summed E-state index contributed by atoms with van der Waals surface area (Å²) in [4.78, 5) is 13.0. The molecule has 0 saturated heterocycles. The molecule has 2 fully saturated rings. The third-order valence-electron chi connectivity index (χ3n) is 9.61. The van der Waals surface area contributed by atoms with Crippen molar-refractivity contribution in [3.63, 3.8) is 0 Å². The van der Waals surface area contributed by atoms with E-state index >= 15 is 0 Å². The minimum absolute atomic E-state index is 0.0408. The molecule has 5 atom stereocenters. The number of ether oxygens (including phenoxy) is 1. The maximum atomic E-state index is 12.4. The zero-order valence-corrected chi connectivity index (χ0v) is 27.3. The van der Waals surface area contributed by atoms with E-state index in [-0.39, 0.29) is 20.9 Å². The standard InChI is InChI=1S/C38H45NO2Se/c1-24(2)29-20-17-25(3)23-34(29)41-33-15-9-10-16-35(33)42-36-22-19-28-12-6-8-14-31(28)38(36)37-30-13-7-5-11-27(30)18-21-32(37)39-26(4)40/h5-8,11-14,18-19,21-22,24-25,29,33-35H,9-10,15-17,20,23H2,1-4H3,(H,39,40)/t25-,29+,33?,34-,35?/m0/s1. The van der Waals surface area contributed by atoms with Crippen LogP contribution in [0.25, 0.3) is 32.7 Å². The molecule has 0 spiro atoms. The van der Waals surface area contributed by atoms with Crippen molar-refractivity contribution in [3.8, 4) is 11.1 Å². The van der Waals surface area contributed by atoms with Gasteiger partial charge in [0.05, 0.1) is 0 Å². The van der Waals surface area contributed by atoms with Gasteiger partial charge in [-0.2, -0.15) is 0 Å². The molecule has 4 heteroatoms. The van der Waals surface area contributed by atoms with Crippen molar-refractivity contribution in [2.75, 3.05) is 5.32 Å². The van der Waals surface area contributed by atoms with E-state index in [0.717, 1.165) is 17.2 Å². The van der Waals surface area contributed by atoms with E-state index in [9.17, 15) is 4.79 Å². The van der Waals surface area contributed by atoms with Crippen molar-refractivity contribution in [1.82, 2.24) is 0 Å². The van der Waals surface area contributed by atoms with Crippen LogP contribution in [0.3, 0.4) is 0 Å². The van der Waals surface area contributed by atoms with Gasteiger partial charge in [-0.25, -0.2) is 0 Å². The van der Waals surface area contributed by atoms with Crippen molar-refractivity contribution in [2.24, 2.45) is 17.8 Å². The molecule has 6 rings (SSSR count). The normalized spacial score (nSPS) is 24.7. The Balaban J connectivity index is 1.43. The van der Waals surface area contributed by atoms with Crippen LogP contribution >= 0.6 is 0 Å². The average molecular weight is 627 g/mol. The van der Waals surface area contributed by atoms with Crippen LogP contribution in [0, 0.1) is 17.8 Å². The molecule has 0 heterocycles. The first-order chi connectivity index (χ1) is 20.4. The molecule has 1 N–H and O–H groups in total. The topological polar surface area (TPSA) is 38.3 Å². The van der Waals surface area contributed by atoms with Crippen molar-refractivity contribution >= 4 is 52.6 Å². The van der Waals surface area contributed by atoms with E-state index in [4.69, 9.17) is 4.74 Å². The first-order valence-electron chi connectivity index (χ1n) is 16.0.